The van der Waals surface area contributed by atoms with Crippen molar-refractivity contribution in [2.45, 2.75) is 12.6 Å². The Hall–Kier alpha value is -2.09. The molecule has 3 rings (SSSR count). The van der Waals surface area contributed by atoms with Crippen LogP contribution in [0, 0.1) is 0 Å². The Balaban J connectivity index is 0.00000208. The van der Waals surface area contributed by atoms with E-state index in [0.717, 1.165) is 17.1 Å². The largest absolute Gasteiger partial charge is 0.497 e. The third kappa shape index (κ3) is 4.47. The van der Waals surface area contributed by atoms with Crippen LogP contribution in [0.3, 0.4) is 0 Å². The van der Waals surface area contributed by atoms with Crippen molar-refractivity contribution >= 4 is 18.3 Å². The summed E-state index contributed by atoms with van der Waals surface area (Å²) in [7, 11) is 1.63. The van der Waals surface area contributed by atoms with Crippen LogP contribution in [-0.4, -0.2) is 48.6 Å². The minimum Gasteiger partial charge on any atom is -0.497 e. The third-order valence-electron chi connectivity index (χ3n) is 3.66. The number of morpholine rings is 1. The number of nitrogens with zero attached hydrogens (tertiary/aromatic N) is 2. The van der Waals surface area contributed by atoms with Gasteiger partial charge in [-0.05, 0) is 30.3 Å². The molecule has 0 saturated carbocycles. The summed E-state index contributed by atoms with van der Waals surface area (Å²) >= 11 is 0. The van der Waals surface area contributed by atoms with Gasteiger partial charge in [0.25, 0.3) is 0 Å². The second-order valence-corrected chi connectivity index (χ2v) is 5.25. The zero-order chi connectivity index (χ0) is 16.1. The molecule has 1 aromatic heterocycles. The van der Waals surface area contributed by atoms with Gasteiger partial charge in [-0.1, -0.05) is 0 Å². The lowest BCUT2D eigenvalue weighted by molar-refractivity contribution is -0.126. The van der Waals surface area contributed by atoms with Gasteiger partial charge in [-0.15, -0.1) is 12.4 Å². The molecule has 1 atom stereocenters. The summed E-state index contributed by atoms with van der Waals surface area (Å²) < 4.78 is 12.2. The number of nitrogens with one attached hydrogen (secondary N) is 2. The maximum absolute atomic E-state index is 12.0. The van der Waals surface area contributed by atoms with Crippen LogP contribution in [0.5, 0.6) is 5.75 Å². The highest BCUT2D eigenvalue weighted by molar-refractivity contribution is 5.85. The Morgan fingerprint density at radius 1 is 1.42 bits per heavy atom. The van der Waals surface area contributed by atoms with Gasteiger partial charge in [0.05, 0.1) is 38.2 Å². The first-order valence-electron chi connectivity index (χ1n) is 7.54. The van der Waals surface area contributed by atoms with E-state index in [2.05, 4.69) is 15.7 Å². The molecule has 1 amide bonds. The molecule has 8 heteroatoms. The molecule has 7 nitrogen and oxygen atoms in total. The van der Waals surface area contributed by atoms with E-state index >= 15 is 0 Å². The van der Waals surface area contributed by atoms with Crippen molar-refractivity contribution in [3.05, 3.63) is 42.2 Å². The Bertz CT molecular complexity index is 654. The van der Waals surface area contributed by atoms with Gasteiger partial charge >= 0.3 is 0 Å². The molecule has 1 unspecified atom stereocenters. The fraction of sp³-hybridized carbons (Fsp3) is 0.375. The summed E-state index contributed by atoms with van der Waals surface area (Å²) in [6.07, 6.45) is 1.87. The second-order valence-electron chi connectivity index (χ2n) is 5.25. The molecule has 1 aliphatic rings. The van der Waals surface area contributed by atoms with E-state index in [0.29, 0.717) is 26.3 Å². The average molecular weight is 353 g/mol. The Kier molecular flexibility index (Phi) is 6.60. The molecule has 0 radical (unpaired) electrons. The van der Waals surface area contributed by atoms with E-state index in [1.165, 1.54) is 0 Å². The Morgan fingerprint density at radius 3 is 2.88 bits per heavy atom. The van der Waals surface area contributed by atoms with Crippen molar-refractivity contribution in [3.8, 4) is 11.4 Å². The highest BCUT2D eigenvalue weighted by Crippen LogP contribution is 2.14. The van der Waals surface area contributed by atoms with Crippen molar-refractivity contribution in [1.29, 1.82) is 0 Å². The summed E-state index contributed by atoms with van der Waals surface area (Å²) in [4.78, 5) is 12.0. The average Bonchev–Trinajstić information content (AvgIpc) is 3.09. The number of benzene rings is 1. The number of rotatable bonds is 5. The van der Waals surface area contributed by atoms with E-state index in [9.17, 15) is 4.79 Å². The quantitative estimate of drug-likeness (QED) is 0.836. The van der Waals surface area contributed by atoms with Gasteiger partial charge in [0.15, 0.2) is 0 Å². The molecule has 0 spiro atoms. The summed E-state index contributed by atoms with van der Waals surface area (Å²) in [6.45, 7) is 2.15. The second kappa shape index (κ2) is 8.68. The monoisotopic (exact) mass is 352 g/mol. The Labute approximate surface area is 146 Å². The van der Waals surface area contributed by atoms with Crippen LogP contribution in [0.2, 0.25) is 0 Å². The van der Waals surface area contributed by atoms with Gasteiger partial charge in [0.1, 0.15) is 11.8 Å². The number of halogens is 1. The first-order chi connectivity index (χ1) is 11.3. The molecule has 1 aliphatic heterocycles. The van der Waals surface area contributed by atoms with Gasteiger partial charge in [0, 0.05) is 12.7 Å². The van der Waals surface area contributed by atoms with Crippen molar-refractivity contribution < 1.29 is 14.3 Å². The molecule has 1 saturated heterocycles. The molecule has 0 bridgehead atoms. The van der Waals surface area contributed by atoms with Gasteiger partial charge in [0.2, 0.25) is 5.91 Å². The molecule has 0 aliphatic carbocycles. The van der Waals surface area contributed by atoms with Gasteiger partial charge in [-0.3, -0.25) is 4.79 Å². The van der Waals surface area contributed by atoms with Crippen LogP contribution in [0.15, 0.2) is 36.5 Å². The zero-order valence-corrected chi connectivity index (χ0v) is 14.2. The number of methoxy groups -OCH3 is 1. The number of hydrogen-bond acceptors (Lipinski definition) is 5. The number of carbonyl (C=O) groups is 1. The number of aromatic nitrogens is 2. The normalized spacial score (nSPS) is 17.0. The molecule has 24 heavy (non-hydrogen) atoms. The summed E-state index contributed by atoms with van der Waals surface area (Å²) in [5.74, 6) is 0.735. The van der Waals surface area contributed by atoms with Crippen molar-refractivity contribution in [2.75, 3.05) is 26.9 Å². The van der Waals surface area contributed by atoms with E-state index in [1.807, 2.05) is 36.5 Å². The molecule has 2 aromatic rings. The number of ether oxygens (including phenoxy) is 2. The van der Waals surface area contributed by atoms with Crippen molar-refractivity contribution in [2.24, 2.45) is 0 Å². The third-order valence-corrected chi connectivity index (χ3v) is 3.66. The minimum atomic E-state index is -0.285. The van der Waals surface area contributed by atoms with Gasteiger partial charge in [-0.2, -0.15) is 5.10 Å². The van der Waals surface area contributed by atoms with Crippen LogP contribution in [-0.2, 0) is 16.1 Å². The van der Waals surface area contributed by atoms with Crippen molar-refractivity contribution in [1.82, 2.24) is 20.4 Å². The lowest BCUT2D eigenvalue weighted by atomic mass is 10.2. The van der Waals surface area contributed by atoms with E-state index in [4.69, 9.17) is 9.47 Å². The predicted octanol–water partition coefficient (Wildman–Crippen LogP) is 0.907. The molecule has 1 aromatic carbocycles. The molecular formula is C16H21ClN4O3. The minimum absolute atomic E-state index is 0. The molecular weight excluding hydrogens is 332 g/mol. The first kappa shape index (κ1) is 18.3. The lowest BCUT2D eigenvalue weighted by Gasteiger charge is -2.22. The number of amides is 1. The summed E-state index contributed by atoms with van der Waals surface area (Å²) in [5, 5.41) is 10.5. The maximum Gasteiger partial charge on any atom is 0.239 e. The number of carbonyl (C=O) groups excluding carboxylic acids is 1. The van der Waals surface area contributed by atoms with Crippen LogP contribution < -0.4 is 15.4 Å². The van der Waals surface area contributed by atoms with Gasteiger partial charge < -0.3 is 20.1 Å². The standard InChI is InChI=1S/C16H20N4O3.ClH/c1-22-14-4-2-13(3-5-14)20-8-6-12(19-20)10-18-16(21)15-11-23-9-7-17-15;/h2-6,8,15,17H,7,9-11H2,1H3,(H,18,21);1H. The molecule has 2 N–H and O–H groups in total. The topological polar surface area (TPSA) is 77.4 Å². The first-order valence-corrected chi connectivity index (χ1v) is 7.54. The van der Waals surface area contributed by atoms with E-state index < -0.39 is 0 Å². The predicted molar refractivity (Wildman–Crippen MR) is 91.8 cm³/mol. The molecule has 2 heterocycles. The summed E-state index contributed by atoms with van der Waals surface area (Å²) in [5.41, 5.74) is 1.73. The van der Waals surface area contributed by atoms with Crippen molar-refractivity contribution in [3.63, 3.8) is 0 Å². The molecule has 1 fully saturated rings. The lowest BCUT2D eigenvalue weighted by Crippen LogP contribution is -2.51. The zero-order valence-electron chi connectivity index (χ0n) is 13.4. The molecule has 130 valence electrons. The van der Waals surface area contributed by atoms with Crippen LogP contribution in [0.1, 0.15) is 5.69 Å². The highest BCUT2D eigenvalue weighted by atomic mass is 35.5. The fourth-order valence-electron chi connectivity index (χ4n) is 2.37. The van der Waals surface area contributed by atoms with Crippen LogP contribution in [0.25, 0.3) is 5.69 Å². The highest BCUT2D eigenvalue weighted by Gasteiger charge is 2.20. The number of hydrogen-bond donors (Lipinski definition) is 2. The fourth-order valence-corrected chi connectivity index (χ4v) is 2.37. The smallest absolute Gasteiger partial charge is 0.239 e. The summed E-state index contributed by atoms with van der Waals surface area (Å²) in [6, 6.07) is 9.22. The SMILES string of the molecule is COc1ccc(-n2ccc(CNC(=O)C3COCCN3)n2)cc1.Cl. The van der Waals surface area contributed by atoms with Crippen LogP contribution >= 0.6 is 12.4 Å². The Morgan fingerprint density at radius 2 is 2.21 bits per heavy atom. The van der Waals surface area contributed by atoms with E-state index in [-0.39, 0.29) is 24.4 Å². The van der Waals surface area contributed by atoms with Gasteiger partial charge in [-0.25, -0.2) is 4.68 Å². The van der Waals surface area contributed by atoms with Crippen LogP contribution in [0.4, 0.5) is 0 Å². The maximum atomic E-state index is 12.0. The van der Waals surface area contributed by atoms with E-state index in [1.54, 1.807) is 11.8 Å².